The van der Waals surface area contributed by atoms with Crippen LogP contribution in [-0.2, 0) is 16.6 Å². The van der Waals surface area contributed by atoms with E-state index in [2.05, 4.69) is 14.9 Å². The molecule has 2 heterocycles. The lowest BCUT2D eigenvalue weighted by atomic mass is 10.2. The maximum Gasteiger partial charge on any atom is 0.336 e. The molecule has 0 amide bonds. The van der Waals surface area contributed by atoms with E-state index < -0.39 is 15.6 Å². The summed E-state index contributed by atoms with van der Waals surface area (Å²) < 4.78 is 37.5. The minimum Gasteiger partial charge on any atom is -0.423 e. The number of aromatic nitrogens is 2. The van der Waals surface area contributed by atoms with Gasteiger partial charge in [-0.1, -0.05) is 16.8 Å². The summed E-state index contributed by atoms with van der Waals surface area (Å²) in [6.07, 6.45) is 0. The lowest BCUT2D eigenvalue weighted by molar-refractivity contribution is 0.376. The molecule has 0 fully saturated rings. The highest BCUT2D eigenvalue weighted by Gasteiger charge is 2.17. The van der Waals surface area contributed by atoms with Gasteiger partial charge in [-0.05, 0) is 48.5 Å². The first-order valence-corrected chi connectivity index (χ1v) is 9.89. The van der Waals surface area contributed by atoms with E-state index in [-0.39, 0.29) is 17.3 Å². The topological polar surface area (TPSA) is 115 Å². The molecule has 0 saturated carbocycles. The van der Waals surface area contributed by atoms with E-state index in [0.717, 1.165) is 0 Å². The third-order valence-electron chi connectivity index (χ3n) is 3.89. The van der Waals surface area contributed by atoms with Gasteiger partial charge in [-0.15, -0.1) is 0 Å². The fourth-order valence-electron chi connectivity index (χ4n) is 2.50. The average Bonchev–Trinajstić information content (AvgIpc) is 3.16. The Bertz CT molecular complexity index is 1310. The number of sulfonamides is 1. The van der Waals surface area contributed by atoms with E-state index in [1.54, 1.807) is 24.3 Å². The molecule has 0 unspecified atom stereocenters. The molecule has 0 bridgehead atoms. The van der Waals surface area contributed by atoms with Crippen LogP contribution >= 0.6 is 11.6 Å². The number of rotatable bonds is 5. The largest absolute Gasteiger partial charge is 0.423 e. The van der Waals surface area contributed by atoms with Gasteiger partial charge >= 0.3 is 5.63 Å². The Hall–Kier alpha value is -3.01. The van der Waals surface area contributed by atoms with Crippen molar-refractivity contribution in [3.8, 4) is 11.4 Å². The highest BCUT2D eigenvalue weighted by atomic mass is 35.5. The van der Waals surface area contributed by atoms with Crippen LogP contribution in [0.25, 0.3) is 22.4 Å². The summed E-state index contributed by atoms with van der Waals surface area (Å²) in [7, 11) is -3.84. The molecule has 2 aromatic carbocycles. The predicted molar refractivity (Wildman–Crippen MR) is 101 cm³/mol. The molecule has 4 rings (SSSR count). The smallest absolute Gasteiger partial charge is 0.336 e. The lowest BCUT2D eigenvalue weighted by Crippen LogP contribution is -2.23. The number of nitrogens with zero attached hydrogens (tertiary/aromatic N) is 2. The number of benzene rings is 2. The Labute approximate surface area is 163 Å². The molecule has 1 N–H and O–H groups in total. The summed E-state index contributed by atoms with van der Waals surface area (Å²) in [5.74, 6) is 0.437. The van der Waals surface area contributed by atoms with Crippen LogP contribution in [0.15, 0.2) is 73.2 Å². The Morgan fingerprint density at radius 1 is 1.04 bits per heavy atom. The van der Waals surface area contributed by atoms with Gasteiger partial charge in [0.15, 0.2) is 0 Å². The third kappa shape index (κ3) is 3.81. The summed E-state index contributed by atoms with van der Waals surface area (Å²) in [5, 5.41) is 4.90. The van der Waals surface area contributed by atoms with Gasteiger partial charge in [0, 0.05) is 22.0 Å². The van der Waals surface area contributed by atoms with Crippen molar-refractivity contribution in [2.45, 2.75) is 11.4 Å². The van der Waals surface area contributed by atoms with Crippen LogP contribution in [0.5, 0.6) is 0 Å². The molecule has 0 radical (unpaired) electrons. The number of fused-ring (bicyclic) bond motifs is 1. The van der Waals surface area contributed by atoms with E-state index in [4.69, 9.17) is 20.5 Å². The van der Waals surface area contributed by atoms with Crippen LogP contribution < -0.4 is 10.3 Å². The van der Waals surface area contributed by atoms with Crippen LogP contribution in [0, 0.1) is 0 Å². The zero-order chi connectivity index (χ0) is 19.7. The second kappa shape index (κ2) is 7.19. The van der Waals surface area contributed by atoms with Crippen LogP contribution in [0.1, 0.15) is 5.89 Å². The predicted octanol–water partition coefficient (Wildman–Crippen LogP) is 2.97. The van der Waals surface area contributed by atoms with Crippen molar-refractivity contribution < 1.29 is 17.4 Å². The lowest BCUT2D eigenvalue weighted by Gasteiger charge is -2.05. The fraction of sp³-hybridized carbons (Fsp3) is 0.0556. The Morgan fingerprint density at radius 2 is 1.82 bits per heavy atom. The summed E-state index contributed by atoms with van der Waals surface area (Å²) in [4.78, 5) is 15.4. The van der Waals surface area contributed by atoms with Crippen molar-refractivity contribution in [2.24, 2.45) is 0 Å². The van der Waals surface area contributed by atoms with Crippen molar-refractivity contribution in [1.82, 2.24) is 14.9 Å². The van der Waals surface area contributed by atoms with Gasteiger partial charge in [-0.25, -0.2) is 17.9 Å². The molecule has 0 saturated heterocycles. The normalized spacial score (nSPS) is 11.8. The molecule has 10 heteroatoms. The summed E-state index contributed by atoms with van der Waals surface area (Å²) in [6.45, 7) is -0.176. The van der Waals surface area contributed by atoms with Crippen molar-refractivity contribution in [3.05, 3.63) is 75.9 Å². The second-order valence-electron chi connectivity index (χ2n) is 5.80. The number of halogens is 1. The first-order valence-electron chi connectivity index (χ1n) is 8.03. The highest BCUT2D eigenvalue weighted by molar-refractivity contribution is 7.89. The fourth-order valence-corrected chi connectivity index (χ4v) is 3.64. The number of hydrogen-bond acceptors (Lipinski definition) is 7. The number of nitrogens with one attached hydrogen (secondary N) is 1. The van der Waals surface area contributed by atoms with Crippen molar-refractivity contribution >= 4 is 32.6 Å². The molecule has 0 atom stereocenters. The highest BCUT2D eigenvalue weighted by Crippen LogP contribution is 2.20. The Kier molecular flexibility index (Phi) is 4.71. The van der Waals surface area contributed by atoms with E-state index in [0.29, 0.717) is 27.4 Å². The molecular formula is C18H12ClN3O5S. The first-order chi connectivity index (χ1) is 13.4. The van der Waals surface area contributed by atoms with Crippen molar-refractivity contribution in [3.63, 3.8) is 0 Å². The standard InChI is InChI=1S/C18H12ClN3O5S/c19-13-4-1-11(2-5-13)18-21-16(27-22-18)10-20-28(24,25)14-6-7-15-12(9-14)3-8-17(23)26-15/h1-9,20H,10H2. The molecule has 4 aromatic rings. The SMILES string of the molecule is O=c1ccc2cc(S(=O)(=O)NCc3nc(-c4ccc(Cl)cc4)no3)ccc2o1. The van der Waals surface area contributed by atoms with Gasteiger partial charge < -0.3 is 8.94 Å². The van der Waals surface area contributed by atoms with Crippen LogP contribution in [0.2, 0.25) is 5.02 Å². The molecule has 8 nitrogen and oxygen atoms in total. The van der Waals surface area contributed by atoms with Gasteiger partial charge in [0.25, 0.3) is 0 Å². The zero-order valence-corrected chi connectivity index (χ0v) is 15.7. The molecule has 0 aliphatic heterocycles. The van der Waals surface area contributed by atoms with Crippen LogP contribution in [0.4, 0.5) is 0 Å². The van der Waals surface area contributed by atoms with Gasteiger partial charge in [-0.3, -0.25) is 0 Å². The summed E-state index contributed by atoms with van der Waals surface area (Å²) >= 11 is 5.84. The maximum atomic E-state index is 12.5. The maximum absolute atomic E-state index is 12.5. The van der Waals surface area contributed by atoms with Gasteiger partial charge in [0.1, 0.15) is 5.58 Å². The average molecular weight is 418 g/mol. The van der Waals surface area contributed by atoms with E-state index in [9.17, 15) is 13.2 Å². The molecule has 0 aliphatic carbocycles. The molecule has 0 spiro atoms. The van der Waals surface area contributed by atoms with Gasteiger partial charge in [0.2, 0.25) is 21.7 Å². The minimum atomic E-state index is -3.84. The second-order valence-corrected chi connectivity index (χ2v) is 8.00. The quantitative estimate of drug-likeness (QED) is 0.496. The number of hydrogen-bond donors (Lipinski definition) is 1. The Morgan fingerprint density at radius 3 is 2.61 bits per heavy atom. The van der Waals surface area contributed by atoms with Gasteiger partial charge in [0.05, 0.1) is 11.4 Å². The zero-order valence-electron chi connectivity index (χ0n) is 14.1. The molecule has 142 valence electrons. The van der Waals surface area contributed by atoms with Crippen molar-refractivity contribution in [1.29, 1.82) is 0 Å². The summed E-state index contributed by atoms with van der Waals surface area (Å²) in [6, 6.07) is 13.8. The van der Waals surface area contributed by atoms with Gasteiger partial charge in [-0.2, -0.15) is 4.98 Å². The summed E-state index contributed by atoms with van der Waals surface area (Å²) in [5.41, 5.74) is 0.489. The van der Waals surface area contributed by atoms with E-state index in [1.165, 1.54) is 30.3 Å². The van der Waals surface area contributed by atoms with Crippen LogP contribution in [-0.4, -0.2) is 18.6 Å². The molecule has 0 aliphatic rings. The van der Waals surface area contributed by atoms with E-state index in [1.807, 2.05) is 0 Å². The molecular weight excluding hydrogens is 406 g/mol. The Balaban J connectivity index is 1.52. The van der Waals surface area contributed by atoms with E-state index >= 15 is 0 Å². The van der Waals surface area contributed by atoms with Crippen molar-refractivity contribution in [2.75, 3.05) is 0 Å². The minimum absolute atomic E-state index is 0.0197. The molecule has 28 heavy (non-hydrogen) atoms. The molecule has 2 aromatic heterocycles. The first kappa shape index (κ1) is 18.4. The van der Waals surface area contributed by atoms with Crippen LogP contribution in [0.3, 0.4) is 0 Å². The monoisotopic (exact) mass is 417 g/mol. The third-order valence-corrected chi connectivity index (χ3v) is 5.54.